The summed E-state index contributed by atoms with van der Waals surface area (Å²) < 4.78 is 37.8. The van der Waals surface area contributed by atoms with Crippen LogP contribution in [0.5, 0.6) is 0 Å². The zero-order valence-electron chi connectivity index (χ0n) is 16.1. The van der Waals surface area contributed by atoms with Gasteiger partial charge in [0.15, 0.2) is 5.78 Å². The number of carbonyl (C=O) groups is 3. The van der Waals surface area contributed by atoms with Crippen LogP contribution in [0.3, 0.4) is 0 Å². The zero-order chi connectivity index (χ0) is 21.2. The van der Waals surface area contributed by atoms with Crippen molar-refractivity contribution in [3.8, 4) is 0 Å². The average molecular weight is 462 g/mol. The minimum Gasteiger partial charge on any atom is -0.468 e. The summed E-state index contributed by atoms with van der Waals surface area (Å²) in [5, 5.41) is 0. The number of hydrogen-bond acceptors (Lipinski definition) is 5. The average Bonchev–Trinajstić information content (AvgIpc) is 3.05. The maximum Gasteiger partial charge on any atom is 0.410 e. The van der Waals surface area contributed by atoms with E-state index in [9.17, 15) is 23.2 Å². The molecule has 1 amide bonds. The number of Topliss-reactive ketones (excluding diaryl/α,β-unsaturated/α-hetero) is 1. The van der Waals surface area contributed by atoms with E-state index in [2.05, 4.69) is 20.7 Å². The largest absolute Gasteiger partial charge is 0.468 e. The van der Waals surface area contributed by atoms with E-state index in [1.54, 1.807) is 20.8 Å². The number of ether oxygens (including phenoxy) is 2. The summed E-state index contributed by atoms with van der Waals surface area (Å²) in [7, 11) is 1.07. The van der Waals surface area contributed by atoms with Crippen molar-refractivity contribution in [3.05, 3.63) is 33.8 Å². The molecule has 28 heavy (non-hydrogen) atoms. The number of halogens is 3. The Bertz CT molecular complexity index is 770. The fraction of sp³-hybridized carbons (Fsp3) is 0.526. The van der Waals surface area contributed by atoms with Gasteiger partial charge in [0.05, 0.1) is 13.2 Å². The van der Waals surface area contributed by atoms with Gasteiger partial charge < -0.3 is 9.47 Å². The molecular weight excluding hydrogens is 440 g/mol. The Labute approximate surface area is 170 Å². The molecule has 0 aliphatic carbocycles. The normalized spacial score (nSPS) is 18.0. The fourth-order valence-corrected chi connectivity index (χ4v) is 3.75. The van der Waals surface area contributed by atoms with Crippen LogP contribution < -0.4 is 0 Å². The number of nitrogens with zero attached hydrogens (tertiary/aromatic N) is 1. The van der Waals surface area contributed by atoms with Crippen LogP contribution in [0.1, 0.15) is 45.1 Å². The van der Waals surface area contributed by atoms with Gasteiger partial charge in [0.2, 0.25) is 0 Å². The Balaban J connectivity index is 2.41. The van der Waals surface area contributed by atoms with Gasteiger partial charge in [-0.2, -0.15) is 0 Å². The Hall–Kier alpha value is -2.03. The molecule has 2 atom stereocenters. The summed E-state index contributed by atoms with van der Waals surface area (Å²) in [6.45, 7) is 5.35. The van der Waals surface area contributed by atoms with Crippen LogP contribution in [-0.4, -0.2) is 48.0 Å². The maximum absolute atomic E-state index is 14.4. The smallest absolute Gasteiger partial charge is 0.410 e. The minimum absolute atomic E-state index is 0.0736. The third-order valence-electron chi connectivity index (χ3n) is 4.26. The molecule has 0 bridgehead atoms. The van der Waals surface area contributed by atoms with Crippen LogP contribution in [0, 0.1) is 11.6 Å². The maximum atomic E-state index is 14.4. The van der Waals surface area contributed by atoms with E-state index in [1.807, 2.05) is 0 Å². The lowest BCUT2D eigenvalue weighted by atomic mass is 9.89. The van der Waals surface area contributed by atoms with Gasteiger partial charge in [-0.25, -0.2) is 13.6 Å². The topological polar surface area (TPSA) is 72.9 Å². The summed E-state index contributed by atoms with van der Waals surface area (Å²) in [5.41, 5.74) is -1.09. The molecule has 0 spiro atoms. The summed E-state index contributed by atoms with van der Waals surface area (Å²) >= 11 is 3.01. The van der Waals surface area contributed by atoms with E-state index < -0.39 is 47.0 Å². The molecule has 0 N–H and O–H groups in total. The van der Waals surface area contributed by atoms with Gasteiger partial charge in [-0.05, 0) is 39.7 Å². The molecular formula is C19H22BrF2NO5. The van der Waals surface area contributed by atoms with Crippen molar-refractivity contribution >= 4 is 33.8 Å². The van der Waals surface area contributed by atoms with E-state index in [0.29, 0.717) is 18.9 Å². The van der Waals surface area contributed by atoms with Gasteiger partial charge in [-0.3, -0.25) is 14.5 Å². The molecule has 1 fully saturated rings. The van der Waals surface area contributed by atoms with Crippen molar-refractivity contribution < 1.29 is 32.6 Å². The Morgan fingerprint density at radius 1 is 1.25 bits per heavy atom. The van der Waals surface area contributed by atoms with E-state index in [-0.39, 0.29) is 16.6 Å². The first kappa shape index (κ1) is 22.3. The Kier molecular flexibility index (Phi) is 6.80. The molecule has 6 nitrogen and oxygen atoms in total. The predicted molar refractivity (Wildman–Crippen MR) is 99.8 cm³/mol. The molecule has 1 aromatic carbocycles. The first-order valence-electron chi connectivity index (χ1n) is 8.72. The molecule has 2 rings (SSSR count). The van der Waals surface area contributed by atoms with Crippen molar-refractivity contribution in [2.45, 2.75) is 51.2 Å². The van der Waals surface area contributed by atoms with Gasteiger partial charge in [0.25, 0.3) is 0 Å². The first-order chi connectivity index (χ1) is 13.0. The summed E-state index contributed by atoms with van der Waals surface area (Å²) in [6, 6.07) is 0.571. The highest BCUT2D eigenvalue weighted by molar-refractivity contribution is 9.10. The van der Waals surface area contributed by atoms with Crippen molar-refractivity contribution in [3.63, 3.8) is 0 Å². The van der Waals surface area contributed by atoms with Crippen LogP contribution in [0.15, 0.2) is 16.6 Å². The lowest BCUT2D eigenvalue weighted by Crippen LogP contribution is -2.46. The van der Waals surface area contributed by atoms with Gasteiger partial charge in [-0.15, -0.1) is 0 Å². The summed E-state index contributed by atoms with van der Waals surface area (Å²) in [4.78, 5) is 39.2. The Morgan fingerprint density at radius 2 is 1.89 bits per heavy atom. The number of likely N-dealkylation sites (tertiary alicyclic amines) is 1. The molecule has 1 heterocycles. The number of carbonyl (C=O) groups excluding carboxylic acids is 3. The molecule has 154 valence electrons. The van der Waals surface area contributed by atoms with Crippen LogP contribution >= 0.6 is 15.9 Å². The van der Waals surface area contributed by atoms with E-state index in [4.69, 9.17) is 4.74 Å². The van der Waals surface area contributed by atoms with Gasteiger partial charge in [0, 0.05) is 22.6 Å². The molecule has 1 unspecified atom stereocenters. The standard InChI is InChI=1S/C19H22BrF2NO5/c1-19(2,3)28-18(26)23-7-5-6-13(23)16(24)15(17(25)27-4)14-11(20)8-10(21)9-12(14)22/h8-9,13,15H,5-7H2,1-4H3/t13-,15?/m0/s1. The van der Waals surface area contributed by atoms with Crippen LogP contribution in [0.25, 0.3) is 0 Å². The van der Waals surface area contributed by atoms with Gasteiger partial charge >= 0.3 is 12.1 Å². The van der Waals surface area contributed by atoms with Crippen molar-refractivity contribution in [1.82, 2.24) is 4.90 Å². The van der Waals surface area contributed by atoms with Crippen molar-refractivity contribution in [2.75, 3.05) is 13.7 Å². The molecule has 0 radical (unpaired) electrons. The van der Waals surface area contributed by atoms with Gasteiger partial charge in [0.1, 0.15) is 23.2 Å². The minimum atomic E-state index is -1.65. The van der Waals surface area contributed by atoms with E-state index in [1.165, 1.54) is 4.90 Å². The molecule has 9 heteroatoms. The van der Waals surface area contributed by atoms with E-state index in [0.717, 1.165) is 13.2 Å². The number of benzene rings is 1. The molecule has 1 aromatic rings. The zero-order valence-corrected chi connectivity index (χ0v) is 17.6. The second-order valence-electron chi connectivity index (χ2n) is 7.47. The van der Waals surface area contributed by atoms with E-state index >= 15 is 0 Å². The number of methoxy groups -OCH3 is 1. The lowest BCUT2D eigenvalue weighted by Gasteiger charge is -2.29. The highest BCUT2D eigenvalue weighted by atomic mass is 79.9. The SMILES string of the molecule is COC(=O)C(C(=O)[C@@H]1CCCN1C(=O)OC(C)(C)C)c1c(F)cc(F)cc1Br. The Morgan fingerprint density at radius 3 is 2.43 bits per heavy atom. The van der Waals surface area contributed by atoms with Gasteiger partial charge in [-0.1, -0.05) is 15.9 Å². The molecule has 0 aromatic heterocycles. The fourth-order valence-electron chi connectivity index (χ4n) is 3.12. The third-order valence-corrected chi connectivity index (χ3v) is 4.92. The second kappa shape index (κ2) is 8.55. The molecule has 1 aliphatic heterocycles. The van der Waals surface area contributed by atoms with Crippen molar-refractivity contribution in [2.24, 2.45) is 0 Å². The second-order valence-corrected chi connectivity index (χ2v) is 8.33. The van der Waals surface area contributed by atoms with Crippen molar-refractivity contribution in [1.29, 1.82) is 0 Å². The quantitative estimate of drug-likeness (QED) is 0.501. The number of esters is 1. The number of hydrogen-bond donors (Lipinski definition) is 0. The number of amides is 1. The molecule has 1 saturated heterocycles. The monoisotopic (exact) mass is 461 g/mol. The molecule has 1 aliphatic rings. The molecule has 0 saturated carbocycles. The predicted octanol–water partition coefficient (Wildman–Crippen LogP) is 3.95. The number of rotatable bonds is 4. The highest BCUT2D eigenvalue weighted by Crippen LogP contribution is 2.34. The summed E-state index contributed by atoms with van der Waals surface area (Å²) in [6.07, 6.45) is 0.133. The van der Waals surface area contributed by atoms with Crippen LogP contribution in [0.4, 0.5) is 13.6 Å². The third kappa shape index (κ3) is 4.87. The van der Waals surface area contributed by atoms with Crippen LogP contribution in [0.2, 0.25) is 0 Å². The number of ketones is 1. The summed E-state index contributed by atoms with van der Waals surface area (Å²) in [5.74, 6) is -5.26. The highest BCUT2D eigenvalue weighted by Gasteiger charge is 2.44. The lowest BCUT2D eigenvalue weighted by molar-refractivity contribution is -0.147. The van der Waals surface area contributed by atoms with Crippen LogP contribution in [-0.2, 0) is 19.1 Å². The first-order valence-corrected chi connectivity index (χ1v) is 9.51.